The van der Waals surface area contributed by atoms with Crippen LogP contribution in [0.1, 0.15) is 16.0 Å². The molecular formula is C21H22N4O2S. The van der Waals surface area contributed by atoms with Gasteiger partial charge >= 0.3 is 0 Å². The Morgan fingerprint density at radius 3 is 2.93 bits per heavy atom. The molecule has 4 rings (SSSR count). The van der Waals surface area contributed by atoms with Crippen LogP contribution < -0.4 is 5.32 Å². The summed E-state index contributed by atoms with van der Waals surface area (Å²) < 4.78 is 0. The number of hydrogen-bond acceptors (Lipinski definition) is 6. The molecule has 3 aromatic rings. The van der Waals surface area contributed by atoms with Crippen LogP contribution in [0, 0.1) is 0 Å². The zero-order chi connectivity index (χ0) is 19.5. The number of thiophene rings is 1. The van der Waals surface area contributed by atoms with Crippen LogP contribution in [0.15, 0.2) is 49.3 Å². The van der Waals surface area contributed by atoms with E-state index in [2.05, 4.69) is 34.0 Å². The number of aliphatic hydroxyl groups is 1. The Bertz CT molecular complexity index is 1000. The molecule has 0 saturated heterocycles. The van der Waals surface area contributed by atoms with Gasteiger partial charge in [0.25, 0.3) is 0 Å². The van der Waals surface area contributed by atoms with E-state index >= 15 is 0 Å². The number of rotatable bonds is 6. The first-order valence-electron chi connectivity index (χ1n) is 9.27. The van der Waals surface area contributed by atoms with Crippen molar-refractivity contribution in [2.75, 3.05) is 18.5 Å². The Morgan fingerprint density at radius 1 is 1.36 bits per heavy atom. The molecule has 2 N–H and O–H groups in total. The second kappa shape index (κ2) is 8.08. The second-order valence-corrected chi connectivity index (χ2v) is 7.92. The molecular weight excluding hydrogens is 372 g/mol. The molecule has 0 radical (unpaired) electrons. The highest BCUT2D eigenvalue weighted by Gasteiger charge is 2.25. The van der Waals surface area contributed by atoms with Gasteiger partial charge < -0.3 is 15.3 Å². The third-order valence-electron chi connectivity index (χ3n) is 5.01. The molecule has 2 aromatic heterocycles. The van der Waals surface area contributed by atoms with Crippen molar-refractivity contribution in [3.63, 3.8) is 0 Å². The lowest BCUT2D eigenvalue weighted by molar-refractivity contribution is -0.126. The molecule has 7 heteroatoms. The molecule has 144 valence electrons. The molecule has 3 heterocycles. The number of benzene rings is 1. The average molecular weight is 395 g/mol. The van der Waals surface area contributed by atoms with Crippen molar-refractivity contribution < 1.29 is 9.90 Å². The van der Waals surface area contributed by atoms with E-state index in [1.54, 1.807) is 22.6 Å². The number of nitrogens with one attached hydrogen (secondary N) is 1. The molecule has 6 nitrogen and oxygen atoms in total. The van der Waals surface area contributed by atoms with Crippen LogP contribution in [-0.4, -0.2) is 45.1 Å². The molecule has 0 aliphatic carbocycles. The lowest BCUT2D eigenvalue weighted by atomic mass is 10.0. The van der Waals surface area contributed by atoms with Gasteiger partial charge in [-0.05, 0) is 30.0 Å². The summed E-state index contributed by atoms with van der Waals surface area (Å²) in [6, 6.07) is 9.95. The molecule has 1 aliphatic heterocycles. The quantitative estimate of drug-likeness (QED) is 0.629. The van der Waals surface area contributed by atoms with Crippen molar-refractivity contribution in [2.24, 2.45) is 0 Å². The molecule has 28 heavy (non-hydrogen) atoms. The van der Waals surface area contributed by atoms with E-state index in [0.29, 0.717) is 19.5 Å². The first-order chi connectivity index (χ1) is 13.7. The van der Waals surface area contributed by atoms with E-state index in [9.17, 15) is 9.90 Å². The molecule has 1 aliphatic rings. The van der Waals surface area contributed by atoms with Crippen molar-refractivity contribution in [3.05, 3.63) is 65.3 Å². The molecule has 1 unspecified atom stereocenters. The summed E-state index contributed by atoms with van der Waals surface area (Å²) >= 11 is 1.60. The normalized spacial score (nSPS) is 14.5. The van der Waals surface area contributed by atoms with Crippen molar-refractivity contribution in [2.45, 2.75) is 25.4 Å². The number of carbonyl (C=O) groups excluding carboxylic acids is 1. The monoisotopic (exact) mass is 394 g/mol. The Morgan fingerprint density at radius 2 is 2.18 bits per heavy atom. The lowest BCUT2D eigenvalue weighted by Crippen LogP contribution is -2.34. The van der Waals surface area contributed by atoms with Gasteiger partial charge in [0.2, 0.25) is 5.91 Å². The van der Waals surface area contributed by atoms with Gasteiger partial charge in [-0.1, -0.05) is 36.9 Å². The highest BCUT2D eigenvalue weighted by Crippen LogP contribution is 2.37. The fourth-order valence-electron chi connectivity index (χ4n) is 3.61. The predicted molar refractivity (Wildman–Crippen MR) is 111 cm³/mol. The number of carbonyl (C=O) groups is 1. The third kappa shape index (κ3) is 3.63. The summed E-state index contributed by atoms with van der Waals surface area (Å²) in [4.78, 5) is 24.7. The largest absolute Gasteiger partial charge is 0.394 e. The highest BCUT2D eigenvalue weighted by molar-refractivity contribution is 7.19. The number of aliphatic hydroxyl groups excluding tert-OH is 1. The minimum atomic E-state index is -0.140. The van der Waals surface area contributed by atoms with Gasteiger partial charge in [0, 0.05) is 11.4 Å². The van der Waals surface area contributed by atoms with Gasteiger partial charge in [-0.2, -0.15) is 0 Å². The van der Waals surface area contributed by atoms with Crippen LogP contribution >= 0.6 is 11.3 Å². The van der Waals surface area contributed by atoms with Gasteiger partial charge in [-0.25, -0.2) is 9.97 Å². The smallest absolute Gasteiger partial charge is 0.246 e. The maximum absolute atomic E-state index is 12.0. The lowest BCUT2D eigenvalue weighted by Gasteiger charge is -2.26. The van der Waals surface area contributed by atoms with E-state index < -0.39 is 0 Å². The second-order valence-electron chi connectivity index (χ2n) is 6.83. The standard InChI is InChI=1S/C21H22N4O2S/c1-2-18(27)25-9-8-16-17(11-25)28-21-19(16)20(22-13-23-21)24-15(12-26)10-14-6-4-3-5-7-14/h2-7,13,15,26H,1,8-12H2,(H,22,23,24). The van der Waals surface area contributed by atoms with Gasteiger partial charge in [-0.3, -0.25) is 4.79 Å². The molecule has 0 saturated carbocycles. The average Bonchev–Trinajstić information content (AvgIpc) is 3.12. The zero-order valence-electron chi connectivity index (χ0n) is 15.5. The van der Waals surface area contributed by atoms with Crippen molar-refractivity contribution in [1.29, 1.82) is 0 Å². The minimum Gasteiger partial charge on any atom is -0.394 e. The zero-order valence-corrected chi connectivity index (χ0v) is 16.3. The number of aromatic nitrogens is 2. The fourth-order valence-corrected chi connectivity index (χ4v) is 4.81. The van der Waals surface area contributed by atoms with Crippen molar-refractivity contribution >= 4 is 33.3 Å². The van der Waals surface area contributed by atoms with Gasteiger partial charge in [0.1, 0.15) is 17.0 Å². The first-order valence-corrected chi connectivity index (χ1v) is 10.1. The Kier molecular flexibility index (Phi) is 5.36. The molecule has 1 amide bonds. The molecule has 0 bridgehead atoms. The van der Waals surface area contributed by atoms with E-state index in [1.165, 1.54) is 11.6 Å². The number of nitrogens with zero attached hydrogens (tertiary/aromatic N) is 3. The number of hydrogen-bond donors (Lipinski definition) is 2. The van der Waals surface area contributed by atoms with Crippen LogP contribution in [0.4, 0.5) is 5.82 Å². The summed E-state index contributed by atoms with van der Waals surface area (Å²) in [6.07, 6.45) is 4.38. The van der Waals surface area contributed by atoms with E-state index in [0.717, 1.165) is 32.9 Å². The topological polar surface area (TPSA) is 78.4 Å². The van der Waals surface area contributed by atoms with E-state index in [4.69, 9.17) is 0 Å². The van der Waals surface area contributed by atoms with Crippen molar-refractivity contribution in [1.82, 2.24) is 14.9 Å². The van der Waals surface area contributed by atoms with E-state index in [-0.39, 0.29) is 18.6 Å². The molecule has 0 fully saturated rings. The molecule has 1 aromatic carbocycles. The van der Waals surface area contributed by atoms with Crippen LogP contribution in [0.25, 0.3) is 10.2 Å². The summed E-state index contributed by atoms with van der Waals surface area (Å²) in [7, 11) is 0. The van der Waals surface area contributed by atoms with Crippen LogP contribution in [0.5, 0.6) is 0 Å². The number of anilines is 1. The summed E-state index contributed by atoms with van der Waals surface area (Å²) in [5.74, 6) is 0.705. The molecule has 1 atom stereocenters. The summed E-state index contributed by atoms with van der Waals surface area (Å²) in [5.41, 5.74) is 2.36. The third-order valence-corrected chi connectivity index (χ3v) is 6.13. The number of fused-ring (bicyclic) bond motifs is 3. The number of amides is 1. The summed E-state index contributed by atoms with van der Waals surface area (Å²) in [5, 5.41) is 14.3. The predicted octanol–water partition coefficient (Wildman–Crippen LogP) is 2.78. The Balaban J connectivity index is 1.62. The van der Waals surface area contributed by atoms with Crippen LogP contribution in [0.3, 0.4) is 0 Å². The minimum absolute atomic E-state index is 0.00827. The molecule has 0 spiro atoms. The van der Waals surface area contributed by atoms with Gasteiger partial charge in [-0.15, -0.1) is 11.3 Å². The van der Waals surface area contributed by atoms with Crippen LogP contribution in [0.2, 0.25) is 0 Å². The van der Waals surface area contributed by atoms with Gasteiger partial charge in [0.15, 0.2) is 0 Å². The Labute approximate surface area is 167 Å². The van der Waals surface area contributed by atoms with E-state index in [1.807, 2.05) is 18.2 Å². The first kappa shape index (κ1) is 18.6. The maximum Gasteiger partial charge on any atom is 0.246 e. The van der Waals surface area contributed by atoms with Gasteiger partial charge in [0.05, 0.1) is 24.6 Å². The SMILES string of the molecule is C=CC(=O)N1CCc2c(sc3ncnc(NC(CO)Cc4ccccc4)c23)C1. The summed E-state index contributed by atoms with van der Waals surface area (Å²) in [6.45, 7) is 4.83. The van der Waals surface area contributed by atoms with Crippen molar-refractivity contribution in [3.8, 4) is 0 Å². The fraction of sp³-hybridized carbons (Fsp3) is 0.286. The maximum atomic E-state index is 12.0. The highest BCUT2D eigenvalue weighted by atomic mass is 32.1. The van der Waals surface area contributed by atoms with Crippen LogP contribution in [-0.2, 0) is 24.2 Å². The Hall–Kier alpha value is -2.77.